The largest absolute Gasteiger partial charge is 0.392 e. The van der Waals surface area contributed by atoms with Crippen LogP contribution in [0.1, 0.15) is 31.4 Å². The van der Waals surface area contributed by atoms with Gasteiger partial charge in [0.2, 0.25) is 0 Å². The highest BCUT2D eigenvalue weighted by Gasteiger charge is 2.26. The van der Waals surface area contributed by atoms with Gasteiger partial charge in [0.25, 0.3) is 0 Å². The van der Waals surface area contributed by atoms with Crippen molar-refractivity contribution in [3.63, 3.8) is 0 Å². The fraction of sp³-hybridized carbons (Fsp3) is 0.500. The molecule has 1 aromatic rings. The fourth-order valence-electron chi connectivity index (χ4n) is 2.66. The van der Waals surface area contributed by atoms with Crippen molar-refractivity contribution in [2.45, 2.75) is 25.8 Å². The van der Waals surface area contributed by atoms with Crippen molar-refractivity contribution in [2.24, 2.45) is 11.7 Å². The van der Waals surface area contributed by atoms with Crippen LogP contribution in [-0.4, -0.2) is 23.0 Å². The zero-order valence-corrected chi connectivity index (χ0v) is 11.4. The molecule has 1 fully saturated rings. The molecule has 0 saturated carbocycles. The van der Waals surface area contributed by atoms with E-state index >= 15 is 0 Å². The lowest BCUT2D eigenvalue weighted by atomic mass is 9.96. The van der Waals surface area contributed by atoms with E-state index in [-0.39, 0.29) is 11.9 Å². The van der Waals surface area contributed by atoms with E-state index in [9.17, 15) is 4.39 Å². The number of hydrogen-bond acceptors (Lipinski definition) is 2. The highest BCUT2D eigenvalue weighted by molar-refractivity contribution is 7.80. The Bertz CT molecular complexity index is 418. The third-order valence-electron chi connectivity index (χ3n) is 3.51. The zero-order valence-electron chi connectivity index (χ0n) is 10.6. The van der Waals surface area contributed by atoms with Gasteiger partial charge in [0.1, 0.15) is 5.82 Å². The Kier molecular flexibility index (Phi) is 4.30. The number of benzene rings is 1. The number of nitrogens with zero attached hydrogens (tertiary/aromatic N) is 1. The normalized spacial score (nSPS) is 22.7. The molecule has 2 N–H and O–H groups in total. The van der Waals surface area contributed by atoms with Crippen molar-refractivity contribution < 1.29 is 4.39 Å². The summed E-state index contributed by atoms with van der Waals surface area (Å²) in [4.78, 5) is 2.78. The number of piperidine rings is 1. The average Bonchev–Trinajstić information content (AvgIpc) is 2.32. The molecule has 2 unspecified atom stereocenters. The van der Waals surface area contributed by atoms with Gasteiger partial charge in [-0.1, -0.05) is 31.3 Å². The summed E-state index contributed by atoms with van der Waals surface area (Å²) in [6.45, 7) is 4.25. The Hall–Kier alpha value is -1.00. The predicted octanol–water partition coefficient (Wildman–Crippen LogP) is 2.88. The Balaban J connectivity index is 2.22. The number of likely N-dealkylation sites (tertiary alicyclic amines) is 1. The first-order valence-corrected chi connectivity index (χ1v) is 6.77. The first kappa shape index (κ1) is 13.4. The molecule has 2 atom stereocenters. The molecule has 2 rings (SSSR count). The van der Waals surface area contributed by atoms with Crippen LogP contribution in [-0.2, 0) is 0 Å². The van der Waals surface area contributed by atoms with Gasteiger partial charge in [-0.3, -0.25) is 4.90 Å². The molecule has 0 aromatic heterocycles. The van der Waals surface area contributed by atoms with Gasteiger partial charge in [-0.2, -0.15) is 0 Å². The minimum Gasteiger partial charge on any atom is -0.392 e. The lowest BCUT2D eigenvalue weighted by Crippen LogP contribution is -2.42. The van der Waals surface area contributed by atoms with Crippen LogP contribution in [0.25, 0.3) is 0 Å². The average molecular weight is 266 g/mol. The Morgan fingerprint density at radius 2 is 2.11 bits per heavy atom. The summed E-state index contributed by atoms with van der Waals surface area (Å²) in [7, 11) is 0. The molecule has 1 aliphatic heterocycles. The van der Waals surface area contributed by atoms with Crippen LogP contribution in [0, 0.1) is 11.7 Å². The van der Waals surface area contributed by atoms with Gasteiger partial charge in [0.15, 0.2) is 0 Å². The molecule has 0 aliphatic carbocycles. The summed E-state index contributed by atoms with van der Waals surface area (Å²) in [6, 6.07) is 6.42. The summed E-state index contributed by atoms with van der Waals surface area (Å²) < 4.78 is 13.0. The van der Waals surface area contributed by atoms with Crippen LogP contribution < -0.4 is 5.73 Å². The van der Waals surface area contributed by atoms with E-state index in [1.165, 1.54) is 25.0 Å². The molecule has 2 nitrogen and oxygen atoms in total. The highest BCUT2D eigenvalue weighted by atomic mass is 32.1. The van der Waals surface area contributed by atoms with Crippen molar-refractivity contribution in [1.29, 1.82) is 0 Å². The number of nitrogens with two attached hydrogens (primary N) is 1. The van der Waals surface area contributed by atoms with Gasteiger partial charge in [0.05, 0.1) is 11.0 Å². The SMILES string of the molecule is CC1CCCN(C(C(N)=S)c2ccc(F)cc2)C1. The molecule has 1 saturated heterocycles. The van der Waals surface area contributed by atoms with Gasteiger partial charge in [-0.15, -0.1) is 0 Å². The summed E-state index contributed by atoms with van der Waals surface area (Å²) in [5.74, 6) is 0.434. The summed E-state index contributed by atoms with van der Waals surface area (Å²) >= 11 is 5.19. The molecule has 0 amide bonds. The van der Waals surface area contributed by atoms with Crippen molar-refractivity contribution in [2.75, 3.05) is 13.1 Å². The maximum absolute atomic E-state index is 13.0. The van der Waals surface area contributed by atoms with Crippen LogP contribution in [0.15, 0.2) is 24.3 Å². The Morgan fingerprint density at radius 1 is 1.44 bits per heavy atom. The summed E-state index contributed by atoms with van der Waals surface area (Å²) in [5.41, 5.74) is 6.86. The topological polar surface area (TPSA) is 29.3 Å². The number of halogens is 1. The van der Waals surface area contributed by atoms with Gasteiger partial charge < -0.3 is 5.73 Å². The third kappa shape index (κ3) is 3.06. The second-order valence-electron chi connectivity index (χ2n) is 5.10. The summed E-state index contributed by atoms with van der Waals surface area (Å²) in [5, 5.41) is 0. The lowest BCUT2D eigenvalue weighted by Gasteiger charge is -2.37. The minimum absolute atomic E-state index is 0.0663. The standard InChI is InChI=1S/C14H19FN2S/c1-10-3-2-8-17(9-10)13(14(16)18)11-4-6-12(15)7-5-11/h4-7,10,13H,2-3,8-9H2,1H3,(H2,16,18). The second kappa shape index (κ2) is 5.76. The van der Waals surface area contributed by atoms with Crippen molar-refractivity contribution in [3.05, 3.63) is 35.6 Å². The van der Waals surface area contributed by atoms with E-state index in [0.717, 1.165) is 18.7 Å². The van der Waals surface area contributed by atoms with Crippen molar-refractivity contribution >= 4 is 17.2 Å². The monoisotopic (exact) mass is 266 g/mol. The van der Waals surface area contributed by atoms with Gasteiger partial charge in [0, 0.05) is 6.54 Å². The molecular formula is C14H19FN2S. The molecule has 4 heteroatoms. The minimum atomic E-state index is -0.229. The van der Waals surface area contributed by atoms with E-state index in [1.54, 1.807) is 12.1 Å². The molecule has 1 aliphatic rings. The molecular weight excluding hydrogens is 247 g/mol. The maximum Gasteiger partial charge on any atom is 0.123 e. The number of thiocarbonyl (C=S) groups is 1. The van der Waals surface area contributed by atoms with E-state index < -0.39 is 0 Å². The number of rotatable bonds is 3. The Morgan fingerprint density at radius 3 is 2.67 bits per heavy atom. The predicted molar refractivity (Wildman–Crippen MR) is 75.9 cm³/mol. The Labute approximate surface area is 113 Å². The van der Waals surface area contributed by atoms with Crippen molar-refractivity contribution in [1.82, 2.24) is 4.90 Å². The van der Waals surface area contributed by atoms with Crippen LogP contribution in [0.2, 0.25) is 0 Å². The fourth-order valence-corrected chi connectivity index (χ4v) is 2.95. The maximum atomic E-state index is 13.0. The van der Waals surface area contributed by atoms with Crippen LogP contribution in [0.4, 0.5) is 4.39 Å². The zero-order chi connectivity index (χ0) is 13.1. The van der Waals surface area contributed by atoms with Gasteiger partial charge in [-0.05, 0) is 43.0 Å². The first-order valence-electron chi connectivity index (χ1n) is 6.37. The molecule has 0 bridgehead atoms. The molecule has 1 heterocycles. The van der Waals surface area contributed by atoms with E-state index in [4.69, 9.17) is 18.0 Å². The van der Waals surface area contributed by atoms with E-state index in [0.29, 0.717) is 10.9 Å². The quantitative estimate of drug-likeness (QED) is 0.853. The molecule has 0 radical (unpaired) electrons. The second-order valence-corrected chi connectivity index (χ2v) is 5.57. The van der Waals surface area contributed by atoms with E-state index in [1.807, 2.05) is 0 Å². The van der Waals surface area contributed by atoms with Gasteiger partial charge >= 0.3 is 0 Å². The lowest BCUT2D eigenvalue weighted by molar-refractivity contribution is 0.162. The van der Waals surface area contributed by atoms with Crippen LogP contribution in [0.3, 0.4) is 0 Å². The van der Waals surface area contributed by atoms with E-state index in [2.05, 4.69) is 11.8 Å². The molecule has 18 heavy (non-hydrogen) atoms. The highest BCUT2D eigenvalue weighted by Crippen LogP contribution is 2.27. The summed E-state index contributed by atoms with van der Waals surface area (Å²) in [6.07, 6.45) is 2.42. The molecule has 0 spiro atoms. The smallest absolute Gasteiger partial charge is 0.123 e. The first-order chi connectivity index (χ1) is 8.58. The van der Waals surface area contributed by atoms with Crippen molar-refractivity contribution in [3.8, 4) is 0 Å². The number of hydrogen-bond donors (Lipinski definition) is 1. The third-order valence-corrected chi connectivity index (χ3v) is 3.73. The van der Waals surface area contributed by atoms with Crippen LogP contribution >= 0.6 is 12.2 Å². The van der Waals surface area contributed by atoms with Gasteiger partial charge in [-0.25, -0.2) is 4.39 Å². The molecule has 1 aromatic carbocycles. The van der Waals surface area contributed by atoms with Crippen LogP contribution in [0.5, 0.6) is 0 Å². The molecule has 98 valence electrons.